The fourth-order valence-corrected chi connectivity index (χ4v) is 1.45. The van der Waals surface area contributed by atoms with E-state index in [-0.39, 0.29) is 11.1 Å². The van der Waals surface area contributed by atoms with Gasteiger partial charge in [-0.25, -0.2) is 9.86 Å². The van der Waals surface area contributed by atoms with Crippen LogP contribution in [-0.2, 0) is 10.2 Å². The summed E-state index contributed by atoms with van der Waals surface area (Å²) in [5.41, 5.74) is 4.79. The Morgan fingerprint density at radius 2 is 1.62 bits per heavy atom. The second kappa shape index (κ2) is 4.29. The lowest BCUT2D eigenvalue weighted by atomic mass is 10.1. The van der Waals surface area contributed by atoms with Crippen LogP contribution in [0.3, 0.4) is 0 Å². The van der Waals surface area contributed by atoms with Crippen molar-refractivity contribution in [3.8, 4) is 0 Å². The Balaban J connectivity index is 3.14. The third-order valence-corrected chi connectivity index (χ3v) is 2.14. The maximum atomic E-state index is 11.4. The van der Waals surface area contributed by atoms with E-state index in [9.17, 15) is 18.0 Å². The molecule has 0 bridgehead atoms. The lowest BCUT2D eigenvalue weighted by Crippen LogP contribution is -2.37. The molecule has 0 aliphatic heterocycles. The topological polar surface area (TPSA) is 132 Å². The van der Waals surface area contributed by atoms with E-state index in [2.05, 4.69) is 5.14 Å². The van der Waals surface area contributed by atoms with Gasteiger partial charge in [-0.1, -0.05) is 12.1 Å². The summed E-state index contributed by atoms with van der Waals surface area (Å²) in [6.07, 6.45) is 0. The molecule has 1 rings (SSSR count). The summed E-state index contributed by atoms with van der Waals surface area (Å²) in [4.78, 5) is 22.4. The number of nitrogens with two attached hydrogens (primary N) is 2. The van der Waals surface area contributed by atoms with Crippen LogP contribution in [0.2, 0.25) is 0 Å². The number of rotatable bonds is 3. The van der Waals surface area contributed by atoms with Gasteiger partial charge in [0, 0.05) is 0 Å². The summed E-state index contributed by atoms with van der Waals surface area (Å²) in [6.45, 7) is 0. The lowest BCUT2D eigenvalue weighted by molar-refractivity contribution is 0.0956. The maximum Gasteiger partial charge on any atom is 0.298 e. The van der Waals surface area contributed by atoms with Crippen LogP contribution in [0.25, 0.3) is 0 Å². The molecule has 0 spiro atoms. The second-order valence-electron chi connectivity index (χ2n) is 2.89. The second-order valence-corrected chi connectivity index (χ2v) is 4.18. The number of primary amides is 1. The van der Waals surface area contributed by atoms with Crippen LogP contribution in [0.15, 0.2) is 24.3 Å². The van der Waals surface area contributed by atoms with Gasteiger partial charge < -0.3 is 5.73 Å². The van der Waals surface area contributed by atoms with E-state index in [0.29, 0.717) is 0 Å². The third-order valence-electron chi connectivity index (χ3n) is 1.67. The van der Waals surface area contributed by atoms with E-state index in [1.807, 2.05) is 0 Å². The smallest absolute Gasteiger partial charge is 0.298 e. The highest BCUT2D eigenvalue weighted by atomic mass is 32.2. The van der Waals surface area contributed by atoms with Crippen molar-refractivity contribution >= 4 is 22.0 Å². The number of amides is 2. The van der Waals surface area contributed by atoms with E-state index in [4.69, 9.17) is 5.73 Å². The van der Waals surface area contributed by atoms with Gasteiger partial charge in [0.15, 0.2) is 0 Å². The molecule has 0 radical (unpaired) electrons. The fraction of sp³-hybridized carbons (Fsp3) is 0. The highest BCUT2D eigenvalue weighted by Crippen LogP contribution is 2.07. The molecular formula is C8H9N3O4S. The van der Waals surface area contributed by atoms with Crippen molar-refractivity contribution in [3.63, 3.8) is 0 Å². The quantitative estimate of drug-likeness (QED) is 0.609. The Morgan fingerprint density at radius 1 is 1.12 bits per heavy atom. The molecule has 0 fully saturated rings. The molecule has 8 heteroatoms. The molecule has 0 aliphatic carbocycles. The average molecular weight is 243 g/mol. The number of hydrogen-bond donors (Lipinski definition) is 3. The molecule has 2 amide bonds. The van der Waals surface area contributed by atoms with E-state index in [1.54, 1.807) is 0 Å². The standard InChI is InChI=1S/C8H9N3O4S/c9-7(12)5-3-1-2-4-6(5)8(13)11-16(10,14)15/h1-4H,(H2,9,12)(H,11,13)(H2,10,14,15). The molecule has 5 N–H and O–H groups in total. The highest BCUT2D eigenvalue weighted by Gasteiger charge is 2.17. The van der Waals surface area contributed by atoms with Crippen molar-refractivity contribution in [1.29, 1.82) is 0 Å². The molecule has 0 unspecified atom stereocenters. The van der Waals surface area contributed by atoms with Crippen LogP contribution in [0.4, 0.5) is 0 Å². The number of nitrogens with one attached hydrogen (secondary N) is 1. The normalized spacial score (nSPS) is 10.8. The Hall–Kier alpha value is -1.93. The zero-order chi connectivity index (χ0) is 12.3. The van der Waals surface area contributed by atoms with Crippen molar-refractivity contribution < 1.29 is 18.0 Å². The molecule has 0 heterocycles. The monoisotopic (exact) mass is 243 g/mol. The van der Waals surface area contributed by atoms with E-state index in [1.165, 1.54) is 29.0 Å². The number of hydrogen-bond acceptors (Lipinski definition) is 4. The molecule has 7 nitrogen and oxygen atoms in total. The summed E-state index contributed by atoms with van der Waals surface area (Å²) >= 11 is 0. The highest BCUT2D eigenvalue weighted by molar-refractivity contribution is 7.87. The van der Waals surface area contributed by atoms with E-state index in [0.717, 1.165) is 0 Å². The summed E-state index contributed by atoms with van der Waals surface area (Å²) in [7, 11) is -4.17. The average Bonchev–Trinajstić information content (AvgIpc) is 2.15. The Labute approximate surface area is 91.6 Å². The summed E-state index contributed by atoms with van der Waals surface area (Å²) < 4.78 is 22.8. The van der Waals surface area contributed by atoms with Gasteiger partial charge in [0.05, 0.1) is 11.1 Å². The van der Waals surface area contributed by atoms with E-state index >= 15 is 0 Å². The first-order valence-corrected chi connectivity index (χ1v) is 5.59. The minimum atomic E-state index is -4.17. The van der Waals surface area contributed by atoms with Crippen molar-refractivity contribution in [2.24, 2.45) is 10.9 Å². The van der Waals surface area contributed by atoms with E-state index < -0.39 is 22.0 Å². The molecule has 0 saturated heterocycles. The molecule has 16 heavy (non-hydrogen) atoms. The van der Waals surface area contributed by atoms with Crippen LogP contribution >= 0.6 is 0 Å². The van der Waals surface area contributed by atoms with Crippen LogP contribution in [-0.4, -0.2) is 20.2 Å². The van der Waals surface area contributed by atoms with Crippen molar-refractivity contribution in [3.05, 3.63) is 35.4 Å². The minimum Gasteiger partial charge on any atom is -0.366 e. The molecule has 0 saturated carbocycles. The largest absolute Gasteiger partial charge is 0.366 e. The van der Waals surface area contributed by atoms with Crippen LogP contribution in [0.5, 0.6) is 0 Å². The first kappa shape index (κ1) is 12.1. The van der Waals surface area contributed by atoms with Crippen LogP contribution in [0, 0.1) is 0 Å². The third kappa shape index (κ3) is 3.04. The first-order chi connectivity index (χ1) is 7.31. The molecular weight excluding hydrogens is 234 g/mol. The predicted octanol–water partition coefficient (Wildman–Crippen LogP) is -1.28. The van der Waals surface area contributed by atoms with Crippen molar-refractivity contribution in [2.45, 2.75) is 0 Å². The Morgan fingerprint density at radius 3 is 2.06 bits per heavy atom. The first-order valence-electron chi connectivity index (χ1n) is 4.05. The molecule has 86 valence electrons. The number of benzene rings is 1. The summed E-state index contributed by atoms with van der Waals surface area (Å²) in [5.74, 6) is -1.84. The predicted molar refractivity (Wildman–Crippen MR) is 55.5 cm³/mol. The molecule has 0 atom stereocenters. The maximum absolute atomic E-state index is 11.4. The minimum absolute atomic E-state index is 0.0800. The fourth-order valence-electron chi connectivity index (χ4n) is 1.08. The van der Waals surface area contributed by atoms with Gasteiger partial charge in [-0.15, -0.1) is 0 Å². The van der Waals surface area contributed by atoms with Gasteiger partial charge in [0.1, 0.15) is 0 Å². The molecule has 0 aromatic heterocycles. The van der Waals surface area contributed by atoms with Crippen molar-refractivity contribution in [2.75, 3.05) is 0 Å². The van der Waals surface area contributed by atoms with Gasteiger partial charge in [0.25, 0.3) is 16.1 Å². The SMILES string of the molecule is NC(=O)c1ccccc1C(=O)NS(N)(=O)=O. The van der Waals surface area contributed by atoms with Gasteiger partial charge >= 0.3 is 0 Å². The number of carbonyl (C=O) groups excluding carboxylic acids is 2. The van der Waals surface area contributed by atoms with Crippen LogP contribution in [0.1, 0.15) is 20.7 Å². The van der Waals surface area contributed by atoms with Gasteiger partial charge in [-0.2, -0.15) is 8.42 Å². The van der Waals surface area contributed by atoms with Gasteiger partial charge in [-0.3, -0.25) is 9.59 Å². The zero-order valence-electron chi connectivity index (χ0n) is 8.01. The molecule has 1 aromatic rings. The zero-order valence-corrected chi connectivity index (χ0v) is 8.82. The molecule has 1 aromatic carbocycles. The molecule has 0 aliphatic rings. The number of carbonyl (C=O) groups is 2. The lowest BCUT2D eigenvalue weighted by Gasteiger charge is -2.05. The Kier molecular flexibility index (Phi) is 3.25. The summed E-state index contributed by atoms with van der Waals surface area (Å²) in [6, 6.07) is 5.53. The van der Waals surface area contributed by atoms with Crippen LogP contribution < -0.4 is 15.6 Å². The van der Waals surface area contributed by atoms with Crippen molar-refractivity contribution in [1.82, 2.24) is 4.72 Å². The van der Waals surface area contributed by atoms with Gasteiger partial charge in [-0.05, 0) is 12.1 Å². The summed E-state index contributed by atoms with van der Waals surface area (Å²) in [5, 5.41) is 4.62. The van der Waals surface area contributed by atoms with Gasteiger partial charge in [0.2, 0.25) is 5.91 Å². The Bertz CT molecular complexity index is 538.